The van der Waals surface area contributed by atoms with Crippen LogP contribution in [0.4, 0.5) is 5.82 Å². The Kier molecular flexibility index (Phi) is 4.27. The molecule has 0 unspecified atom stereocenters. The molecule has 28 heavy (non-hydrogen) atoms. The van der Waals surface area contributed by atoms with Crippen molar-refractivity contribution < 1.29 is 12.8 Å². The molecule has 8 heteroatoms. The maximum atomic E-state index is 12.7. The Bertz CT molecular complexity index is 1330. The van der Waals surface area contributed by atoms with Crippen LogP contribution in [0, 0.1) is 13.8 Å². The van der Waals surface area contributed by atoms with E-state index in [0.717, 1.165) is 16.7 Å². The van der Waals surface area contributed by atoms with Gasteiger partial charge in [0.05, 0.1) is 10.6 Å². The van der Waals surface area contributed by atoms with Gasteiger partial charge in [0.25, 0.3) is 10.0 Å². The van der Waals surface area contributed by atoms with Crippen molar-refractivity contribution in [3.63, 3.8) is 0 Å². The van der Waals surface area contributed by atoms with Crippen LogP contribution >= 0.6 is 0 Å². The molecule has 4 rings (SSSR count). The van der Waals surface area contributed by atoms with Crippen molar-refractivity contribution in [2.75, 3.05) is 4.72 Å². The summed E-state index contributed by atoms with van der Waals surface area (Å²) in [5.74, 6) is 0.189. The van der Waals surface area contributed by atoms with Crippen LogP contribution in [0.15, 0.2) is 68.7 Å². The van der Waals surface area contributed by atoms with E-state index in [0.29, 0.717) is 16.7 Å². The number of nitrogens with one attached hydrogen (secondary N) is 2. The van der Waals surface area contributed by atoms with Gasteiger partial charge in [-0.05, 0) is 50.2 Å². The van der Waals surface area contributed by atoms with Gasteiger partial charge in [0.2, 0.25) is 0 Å². The van der Waals surface area contributed by atoms with Crippen molar-refractivity contribution in [1.82, 2.24) is 10.2 Å². The van der Waals surface area contributed by atoms with E-state index in [9.17, 15) is 13.2 Å². The van der Waals surface area contributed by atoms with E-state index in [1.54, 1.807) is 6.07 Å². The second-order valence-corrected chi connectivity index (χ2v) is 8.29. The van der Waals surface area contributed by atoms with Gasteiger partial charge in [-0.1, -0.05) is 17.2 Å². The van der Waals surface area contributed by atoms with Crippen molar-refractivity contribution in [2.24, 2.45) is 0 Å². The fraction of sp³-hybridized carbons (Fsp3) is 0.100. The van der Waals surface area contributed by atoms with Gasteiger partial charge in [0, 0.05) is 23.1 Å². The lowest BCUT2D eigenvalue weighted by Gasteiger charge is -2.06. The van der Waals surface area contributed by atoms with Gasteiger partial charge in [0.1, 0.15) is 5.58 Å². The Morgan fingerprint density at radius 3 is 2.46 bits per heavy atom. The summed E-state index contributed by atoms with van der Waals surface area (Å²) in [7, 11) is -3.85. The van der Waals surface area contributed by atoms with Gasteiger partial charge in [-0.3, -0.25) is 9.82 Å². The zero-order valence-corrected chi connectivity index (χ0v) is 16.0. The van der Waals surface area contributed by atoms with Crippen LogP contribution in [0.2, 0.25) is 0 Å². The summed E-state index contributed by atoms with van der Waals surface area (Å²) in [5, 5.41) is 7.44. The maximum absolute atomic E-state index is 12.7. The van der Waals surface area contributed by atoms with Crippen molar-refractivity contribution in [1.29, 1.82) is 0 Å². The Labute approximate surface area is 161 Å². The molecular formula is C20H17N3O4S. The quantitative estimate of drug-likeness (QED) is 0.514. The van der Waals surface area contributed by atoms with Crippen LogP contribution in [-0.4, -0.2) is 18.6 Å². The first-order valence-corrected chi connectivity index (χ1v) is 9.99. The summed E-state index contributed by atoms with van der Waals surface area (Å²) in [5.41, 5.74) is 3.69. The Morgan fingerprint density at radius 1 is 0.964 bits per heavy atom. The summed E-state index contributed by atoms with van der Waals surface area (Å²) in [6, 6.07) is 14.7. The largest absolute Gasteiger partial charge is 0.423 e. The predicted molar refractivity (Wildman–Crippen MR) is 107 cm³/mol. The number of aromatic amines is 1. The summed E-state index contributed by atoms with van der Waals surface area (Å²) in [4.78, 5) is 11.3. The third kappa shape index (κ3) is 3.54. The normalized spacial score (nSPS) is 11.6. The van der Waals surface area contributed by atoms with Crippen molar-refractivity contribution >= 4 is 26.8 Å². The Hall–Kier alpha value is -3.39. The molecule has 0 aliphatic carbocycles. The molecule has 0 atom stereocenters. The molecular weight excluding hydrogens is 378 g/mol. The van der Waals surface area contributed by atoms with E-state index >= 15 is 0 Å². The van der Waals surface area contributed by atoms with E-state index in [4.69, 9.17) is 4.42 Å². The number of aryl methyl sites for hydroxylation is 2. The number of sulfonamides is 1. The Balaban J connectivity index is 1.64. The lowest BCUT2D eigenvalue weighted by molar-refractivity contribution is 0.560. The third-order valence-electron chi connectivity index (χ3n) is 4.25. The molecule has 7 nitrogen and oxygen atoms in total. The molecule has 0 bridgehead atoms. The average molecular weight is 395 g/mol. The molecule has 0 fully saturated rings. The molecule has 2 aromatic heterocycles. The van der Waals surface area contributed by atoms with Gasteiger partial charge in [-0.25, -0.2) is 13.2 Å². The minimum absolute atomic E-state index is 0.0461. The second-order valence-electron chi connectivity index (χ2n) is 6.60. The van der Waals surface area contributed by atoms with E-state index in [1.807, 2.05) is 26.0 Å². The maximum Gasteiger partial charge on any atom is 0.336 e. The number of anilines is 1. The lowest BCUT2D eigenvalue weighted by atomic mass is 10.1. The molecule has 0 aliphatic heterocycles. The van der Waals surface area contributed by atoms with Crippen molar-refractivity contribution in [3.05, 3.63) is 76.1 Å². The van der Waals surface area contributed by atoms with Crippen molar-refractivity contribution in [3.8, 4) is 11.3 Å². The molecule has 0 aliphatic rings. The predicted octanol–water partition coefficient (Wildman–Crippen LogP) is 3.60. The van der Waals surface area contributed by atoms with Crippen LogP contribution in [0.3, 0.4) is 0 Å². The molecule has 0 radical (unpaired) electrons. The number of hydrogen-bond acceptors (Lipinski definition) is 5. The highest BCUT2D eigenvalue weighted by Gasteiger charge is 2.17. The number of hydrogen-bond donors (Lipinski definition) is 2. The third-order valence-corrected chi connectivity index (χ3v) is 5.60. The smallest absolute Gasteiger partial charge is 0.336 e. The fourth-order valence-electron chi connectivity index (χ4n) is 3.07. The molecule has 2 N–H and O–H groups in total. The first kappa shape index (κ1) is 18.0. The topological polar surface area (TPSA) is 105 Å². The number of benzene rings is 2. The van der Waals surface area contributed by atoms with Gasteiger partial charge in [-0.2, -0.15) is 5.10 Å². The van der Waals surface area contributed by atoms with Crippen LogP contribution in [0.5, 0.6) is 0 Å². The molecule has 2 aromatic carbocycles. The van der Waals surface area contributed by atoms with Crippen LogP contribution in [0.25, 0.3) is 22.2 Å². The first-order chi connectivity index (χ1) is 13.3. The zero-order chi connectivity index (χ0) is 19.9. The van der Waals surface area contributed by atoms with E-state index < -0.39 is 15.6 Å². The lowest BCUT2D eigenvalue weighted by Crippen LogP contribution is -2.13. The highest BCUT2D eigenvalue weighted by atomic mass is 32.2. The average Bonchev–Trinajstić information content (AvgIpc) is 3.08. The van der Waals surface area contributed by atoms with Crippen molar-refractivity contribution in [2.45, 2.75) is 18.7 Å². The SMILES string of the molecule is Cc1cc(C)cc(-c2cc(NS(=O)(=O)c3ccc4oc(=O)ccc4c3)n[nH]2)c1. The van der Waals surface area contributed by atoms with E-state index in [-0.39, 0.29) is 10.7 Å². The molecule has 0 saturated heterocycles. The standard InChI is InChI=1S/C20H17N3O4S/c1-12-7-13(2)9-15(8-12)17-11-19(22-21-17)23-28(25,26)16-4-5-18-14(10-16)3-6-20(24)27-18/h3-11H,1-2H3,(H2,21,22,23). The molecule has 4 aromatic rings. The minimum Gasteiger partial charge on any atom is -0.423 e. The van der Waals surface area contributed by atoms with Crippen LogP contribution in [-0.2, 0) is 10.0 Å². The van der Waals surface area contributed by atoms with E-state index in [1.165, 1.54) is 30.3 Å². The van der Waals surface area contributed by atoms with Gasteiger partial charge in [0.15, 0.2) is 5.82 Å². The number of nitrogens with zero attached hydrogens (tertiary/aromatic N) is 1. The molecule has 0 saturated carbocycles. The minimum atomic E-state index is -3.85. The van der Waals surface area contributed by atoms with Gasteiger partial charge >= 0.3 is 5.63 Å². The highest BCUT2D eigenvalue weighted by Crippen LogP contribution is 2.24. The first-order valence-electron chi connectivity index (χ1n) is 8.51. The Morgan fingerprint density at radius 2 is 1.71 bits per heavy atom. The van der Waals surface area contributed by atoms with Gasteiger partial charge in [-0.15, -0.1) is 0 Å². The summed E-state index contributed by atoms with van der Waals surface area (Å²) in [6.45, 7) is 4.00. The number of H-pyrrole nitrogens is 1. The number of fused-ring (bicyclic) bond motifs is 1. The second kappa shape index (κ2) is 6.65. The molecule has 2 heterocycles. The van der Waals surface area contributed by atoms with Crippen LogP contribution < -0.4 is 10.3 Å². The molecule has 0 spiro atoms. The molecule has 142 valence electrons. The van der Waals surface area contributed by atoms with Gasteiger partial charge < -0.3 is 4.42 Å². The summed E-state index contributed by atoms with van der Waals surface area (Å²) >= 11 is 0. The summed E-state index contributed by atoms with van der Waals surface area (Å²) < 4.78 is 32.9. The van der Waals surface area contributed by atoms with E-state index in [2.05, 4.69) is 21.0 Å². The fourth-order valence-corrected chi connectivity index (χ4v) is 4.09. The molecule has 0 amide bonds. The number of aromatic nitrogens is 2. The number of rotatable bonds is 4. The summed E-state index contributed by atoms with van der Waals surface area (Å²) in [6.07, 6.45) is 0. The van der Waals surface area contributed by atoms with Crippen LogP contribution in [0.1, 0.15) is 11.1 Å². The monoisotopic (exact) mass is 395 g/mol. The zero-order valence-electron chi connectivity index (χ0n) is 15.2. The highest BCUT2D eigenvalue weighted by molar-refractivity contribution is 7.92.